The molecule has 38 heavy (non-hydrogen) atoms. The van der Waals surface area contributed by atoms with Crippen molar-refractivity contribution in [2.24, 2.45) is 7.05 Å². The number of aromatic nitrogens is 3. The number of hydrogen-bond donors (Lipinski definition) is 2. The molecule has 4 aromatic rings. The zero-order valence-corrected chi connectivity index (χ0v) is 22.7. The van der Waals surface area contributed by atoms with Crippen LogP contribution in [0.4, 0.5) is 0 Å². The molecule has 2 aliphatic rings. The van der Waals surface area contributed by atoms with Gasteiger partial charge >= 0.3 is 10.1 Å². The highest BCUT2D eigenvalue weighted by molar-refractivity contribution is 7.87. The summed E-state index contributed by atoms with van der Waals surface area (Å²) in [6.45, 7) is 4.90. The second kappa shape index (κ2) is 9.44. The Labute approximate surface area is 225 Å². The topological polar surface area (TPSA) is 109 Å². The van der Waals surface area contributed by atoms with Crippen LogP contribution < -0.4 is 9.50 Å². The summed E-state index contributed by atoms with van der Waals surface area (Å²) in [4.78, 5) is 18.6. The van der Waals surface area contributed by atoms with E-state index in [4.69, 9.17) is 15.8 Å². The molecule has 0 radical (unpaired) electrons. The highest BCUT2D eigenvalue weighted by Gasteiger charge is 2.32. The summed E-state index contributed by atoms with van der Waals surface area (Å²) in [6.07, 6.45) is 3.81. The van der Waals surface area contributed by atoms with Crippen molar-refractivity contribution in [3.63, 3.8) is 0 Å². The van der Waals surface area contributed by atoms with Crippen molar-refractivity contribution in [1.82, 2.24) is 25.0 Å². The van der Waals surface area contributed by atoms with Crippen LogP contribution >= 0.6 is 11.6 Å². The van der Waals surface area contributed by atoms with Crippen LogP contribution in [0, 0.1) is 6.92 Å². The number of H-pyrrole nitrogens is 1. The summed E-state index contributed by atoms with van der Waals surface area (Å²) in [7, 11) is -2.72. The molecule has 4 heterocycles. The summed E-state index contributed by atoms with van der Waals surface area (Å²) in [5, 5.41) is 7.89. The summed E-state index contributed by atoms with van der Waals surface area (Å²) in [5.74, 6) is -0.195. The number of amides is 1. The summed E-state index contributed by atoms with van der Waals surface area (Å²) in [6, 6.07) is 11.7. The number of nitrogens with one attached hydrogen (secondary N) is 2. The second-order valence-corrected chi connectivity index (χ2v) is 11.8. The van der Waals surface area contributed by atoms with Gasteiger partial charge in [-0.05, 0) is 68.8 Å². The van der Waals surface area contributed by atoms with E-state index < -0.39 is 10.1 Å². The highest BCUT2D eigenvalue weighted by Crippen LogP contribution is 2.38. The van der Waals surface area contributed by atoms with Crippen LogP contribution in [0.25, 0.3) is 22.2 Å². The quantitative estimate of drug-likeness (QED) is 0.340. The lowest BCUT2D eigenvalue weighted by molar-refractivity contribution is 0.0966. The predicted molar refractivity (Wildman–Crippen MR) is 145 cm³/mol. The Bertz CT molecular complexity index is 1690. The van der Waals surface area contributed by atoms with Crippen LogP contribution in [0.5, 0.6) is 5.75 Å². The number of rotatable bonds is 6. The minimum Gasteiger partial charge on any atom is -0.378 e. The van der Waals surface area contributed by atoms with Crippen molar-refractivity contribution < 1.29 is 17.4 Å². The molecule has 2 aromatic heterocycles. The average molecular weight is 554 g/mol. The van der Waals surface area contributed by atoms with E-state index in [1.165, 1.54) is 29.5 Å². The van der Waals surface area contributed by atoms with Crippen molar-refractivity contribution in [3.8, 4) is 17.0 Å². The summed E-state index contributed by atoms with van der Waals surface area (Å²) in [5.41, 5.74) is 4.81. The molecule has 1 amide bonds. The number of nitrogens with zero attached hydrogens (tertiary/aromatic N) is 3. The molecule has 1 fully saturated rings. The number of fused-ring (bicyclic) bond motifs is 2. The van der Waals surface area contributed by atoms with Crippen molar-refractivity contribution in [2.45, 2.75) is 44.2 Å². The van der Waals surface area contributed by atoms with E-state index in [0.717, 1.165) is 36.2 Å². The number of aryl methyl sites for hydroxylation is 2. The van der Waals surface area contributed by atoms with Gasteiger partial charge in [0.15, 0.2) is 4.90 Å². The van der Waals surface area contributed by atoms with Crippen LogP contribution in [0.3, 0.4) is 0 Å². The Kier molecular flexibility index (Phi) is 6.20. The van der Waals surface area contributed by atoms with Gasteiger partial charge < -0.3 is 14.5 Å². The van der Waals surface area contributed by atoms with Crippen molar-refractivity contribution in [2.75, 3.05) is 13.1 Å². The van der Waals surface area contributed by atoms with Crippen molar-refractivity contribution in [1.29, 1.82) is 0 Å². The van der Waals surface area contributed by atoms with E-state index >= 15 is 0 Å². The van der Waals surface area contributed by atoms with Gasteiger partial charge in [0.2, 0.25) is 0 Å². The van der Waals surface area contributed by atoms with Gasteiger partial charge in [-0.3, -0.25) is 14.4 Å². The van der Waals surface area contributed by atoms with Crippen LogP contribution in [0.1, 0.15) is 46.4 Å². The van der Waals surface area contributed by atoms with E-state index in [9.17, 15) is 13.2 Å². The molecular weight excluding hydrogens is 526 g/mol. The maximum Gasteiger partial charge on any atom is 0.344 e. The molecule has 2 N–H and O–H groups in total. The van der Waals surface area contributed by atoms with E-state index in [1.807, 2.05) is 6.07 Å². The molecule has 2 aliphatic heterocycles. The zero-order chi connectivity index (χ0) is 26.6. The Hall–Kier alpha value is -3.34. The van der Waals surface area contributed by atoms with E-state index in [2.05, 4.69) is 38.5 Å². The molecule has 1 saturated heterocycles. The molecule has 0 unspecified atom stereocenters. The summed E-state index contributed by atoms with van der Waals surface area (Å²) < 4.78 is 33.0. The third kappa shape index (κ3) is 4.36. The third-order valence-electron chi connectivity index (χ3n) is 7.30. The third-order valence-corrected chi connectivity index (χ3v) is 9.24. The van der Waals surface area contributed by atoms with Crippen molar-refractivity contribution in [3.05, 3.63) is 63.9 Å². The number of carbonyl (C=O) groups excluding carboxylic acids is 1. The lowest BCUT2D eigenvalue weighted by Crippen LogP contribution is -2.28. The maximum atomic E-state index is 13.1. The Morgan fingerprint density at radius 1 is 1.11 bits per heavy atom. The number of hydrogen-bond acceptors (Lipinski definition) is 6. The van der Waals surface area contributed by atoms with Gasteiger partial charge in [-0.15, -0.1) is 0 Å². The van der Waals surface area contributed by atoms with Crippen LogP contribution in [-0.2, 0) is 30.3 Å². The Morgan fingerprint density at radius 2 is 1.89 bits per heavy atom. The minimum absolute atomic E-state index is 0.0392. The van der Waals surface area contributed by atoms with Gasteiger partial charge in [-0.25, -0.2) is 0 Å². The van der Waals surface area contributed by atoms with Crippen molar-refractivity contribution >= 4 is 38.5 Å². The van der Waals surface area contributed by atoms with E-state index in [0.29, 0.717) is 16.7 Å². The largest absolute Gasteiger partial charge is 0.378 e. The lowest BCUT2D eigenvalue weighted by atomic mass is 9.99. The second-order valence-electron chi connectivity index (χ2n) is 9.96. The molecular formula is C27H28ClN5O4S. The van der Waals surface area contributed by atoms with Crippen LogP contribution in [0.15, 0.2) is 41.3 Å². The fourth-order valence-electron chi connectivity index (χ4n) is 5.48. The number of benzene rings is 2. The number of carbonyl (C=O) groups is 1. The van der Waals surface area contributed by atoms with Gasteiger partial charge in [0.1, 0.15) is 10.9 Å². The molecule has 11 heteroatoms. The molecule has 2 aromatic carbocycles. The Morgan fingerprint density at radius 3 is 2.63 bits per heavy atom. The van der Waals surface area contributed by atoms with E-state index in [1.54, 1.807) is 26.1 Å². The highest BCUT2D eigenvalue weighted by atomic mass is 35.5. The number of halogens is 1. The molecule has 0 spiro atoms. The molecule has 0 atom stereocenters. The normalized spacial score (nSPS) is 16.1. The van der Waals surface area contributed by atoms with Gasteiger partial charge in [-0.2, -0.15) is 13.5 Å². The SMILES string of the molecule is Cc1nn(C)c(Cl)c1S(=O)(=O)Oc1ccc(-c2cc3cc(CN4CCCCC4)ccc3[nH]2)c2c1CNC2=O. The lowest BCUT2D eigenvalue weighted by Gasteiger charge is -2.26. The fourth-order valence-corrected chi connectivity index (χ4v) is 7.15. The van der Waals surface area contributed by atoms with E-state index in [-0.39, 0.29) is 33.9 Å². The monoisotopic (exact) mass is 553 g/mol. The Balaban J connectivity index is 1.34. The maximum absolute atomic E-state index is 13.1. The first-order chi connectivity index (χ1) is 18.2. The first kappa shape index (κ1) is 25.0. The first-order valence-corrected chi connectivity index (χ1v) is 14.4. The summed E-state index contributed by atoms with van der Waals surface area (Å²) >= 11 is 6.18. The van der Waals surface area contributed by atoms with Gasteiger partial charge in [0.25, 0.3) is 5.91 Å². The molecule has 6 rings (SSSR count). The predicted octanol–water partition coefficient (Wildman–Crippen LogP) is 4.53. The molecule has 0 bridgehead atoms. The number of piperidine rings is 1. The molecule has 0 aliphatic carbocycles. The standard InChI is InChI=1S/C27H28ClN5O4S/c1-16-25(26(28)32(2)31-16)38(35,36)37-23-9-7-19(24-20(23)14-29-27(24)34)22-13-18-12-17(6-8-21(18)30-22)15-33-10-4-3-5-11-33/h6-9,12-13,30H,3-5,10-11,14-15H2,1-2H3,(H,29,34). The molecule has 198 valence electrons. The smallest absolute Gasteiger partial charge is 0.344 e. The van der Waals surface area contributed by atoms with Gasteiger partial charge in [0.05, 0.1) is 11.3 Å². The average Bonchev–Trinajstić information content (AvgIpc) is 3.55. The van der Waals surface area contributed by atoms with Crippen LogP contribution in [-0.4, -0.2) is 47.1 Å². The van der Waals surface area contributed by atoms with Gasteiger partial charge in [-0.1, -0.05) is 24.1 Å². The first-order valence-electron chi connectivity index (χ1n) is 12.6. The fraction of sp³-hybridized carbons (Fsp3) is 0.333. The zero-order valence-electron chi connectivity index (χ0n) is 21.2. The molecule has 0 saturated carbocycles. The van der Waals surface area contributed by atoms with Crippen LogP contribution in [0.2, 0.25) is 5.15 Å². The minimum atomic E-state index is -4.27. The molecule has 9 nitrogen and oxygen atoms in total. The van der Waals surface area contributed by atoms with Gasteiger partial charge in [0, 0.05) is 47.9 Å². The number of likely N-dealkylation sites (tertiary alicyclic amines) is 1. The number of aromatic amines is 1.